The summed E-state index contributed by atoms with van der Waals surface area (Å²) in [7, 11) is 1.53. The predicted octanol–water partition coefficient (Wildman–Crippen LogP) is 4.30. The van der Waals surface area contributed by atoms with Crippen molar-refractivity contribution in [2.45, 2.75) is 52.9 Å². The van der Waals surface area contributed by atoms with E-state index in [4.69, 9.17) is 14.2 Å². The second kappa shape index (κ2) is 12.0. The van der Waals surface area contributed by atoms with Crippen LogP contribution in [0.15, 0.2) is 42.5 Å². The SMILES string of the molecule is COc1cc(C(C)=O)ccc1OCCCC(=O)NCc1cccc(COC(C)C)c1. The minimum Gasteiger partial charge on any atom is -0.493 e. The van der Waals surface area contributed by atoms with Gasteiger partial charge in [-0.05, 0) is 56.5 Å². The monoisotopic (exact) mass is 413 g/mol. The summed E-state index contributed by atoms with van der Waals surface area (Å²) in [5.41, 5.74) is 2.70. The first-order valence-corrected chi connectivity index (χ1v) is 10.2. The maximum atomic E-state index is 12.1. The van der Waals surface area contributed by atoms with E-state index in [2.05, 4.69) is 5.32 Å². The second-order valence-corrected chi connectivity index (χ2v) is 7.33. The van der Waals surface area contributed by atoms with Crippen LogP contribution in [0.1, 0.15) is 55.1 Å². The number of nitrogens with one attached hydrogen (secondary N) is 1. The van der Waals surface area contributed by atoms with E-state index >= 15 is 0 Å². The van der Waals surface area contributed by atoms with Crippen LogP contribution in [0.3, 0.4) is 0 Å². The first-order chi connectivity index (χ1) is 14.4. The van der Waals surface area contributed by atoms with Gasteiger partial charge in [0.25, 0.3) is 0 Å². The Morgan fingerprint density at radius 3 is 2.50 bits per heavy atom. The van der Waals surface area contributed by atoms with Gasteiger partial charge in [-0.2, -0.15) is 0 Å². The summed E-state index contributed by atoms with van der Waals surface area (Å²) >= 11 is 0. The number of ether oxygens (including phenoxy) is 3. The number of carbonyl (C=O) groups is 2. The van der Waals surface area contributed by atoms with Gasteiger partial charge in [-0.25, -0.2) is 0 Å². The third-order valence-corrected chi connectivity index (χ3v) is 4.44. The molecule has 1 N–H and O–H groups in total. The molecule has 6 nitrogen and oxygen atoms in total. The second-order valence-electron chi connectivity index (χ2n) is 7.33. The highest BCUT2D eigenvalue weighted by Gasteiger charge is 2.09. The largest absolute Gasteiger partial charge is 0.493 e. The van der Waals surface area contributed by atoms with Crippen molar-refractivity contribution in [3.8, 4) is 11.5 Å². The first-order valence-electron chi connectivity index (χ1n) is 10.2. The summed E-state index contributed by atoms with van der Waals surface area (Å²) in [6.07, 6.45) is 1.12. The van der Waals surface area contributed by atoms with Crippen LogP contribution < -0.4 is 14.8 Å². The van der Waals surface area contributed by atoms with E-state index in [1.54, 1.807) is 18.2 Å². The quantitative estimate of drug-likeness (QED) is 0.415. The van der Waals surface area contributed by atoms with E-state index < -0.39 is 0 Å². The molecule has 30 heavy (non-hydrogen) atoms. The highest BCUT2D eigenvalue weighted by Crippen LogP contribution is 2.28. The smallest absolute Gasteiger partial charge is 0.220 e. The first kappa shape index (κ1) is 23.4. The Kier molecular flexibility index (Phi) is 9.35. The van der Waals surface area contributed by atoms with Crippen molar-refractivity contribution in [3.05, 3.63) is 59.2 Å². The molecule has 1 amide bonds. The third-order valence-electron chi connectivity index (χ3n) is 4.44. The Morgan fingerprint density at radius 2 is 1.80 bits per heavy atom. The van der Waals surface area contributed by atoms with Gasteiger partial charge in [0, 0.05) is 18.5 Å². The summed E-state index contributed by atoms with van der Waals surface area (Å²) in [6.45, 7) is 6.94. The fourth-order valence-electron chi connectivity index (χ4n) is 2.80. The standard InChI is InChI=1S/C24H31NO5/c1-17(2)30-16-20-8-5-7-19(13-20)15-25-24(27)9-6-12-29-22-11-10-21(18(3)26)14-23(22)28-4/h5,7-8,10-11,13-14,17H,6,9,12,15-16H2,1-4H3,(H,25,27). The van der Waals surface area contributed by atoms with E-state index in [1.807, 2.05) is 38.1 Å². The Hall–Kier alpha value is -2.86. The fraction of sp³-hybridized carbons (Fsp3) is 0.417. The number of carbonyl (C=O) groups excluding carboxylic acids is 2. The highest BCUT2D eigenvalue weighted by molar-refractivity contribution is 5.94. The highest BCUT2D eigenvalue weighted by atomic mass is 16.5. The lowest BCUT2D eigenvalue weighted by molar-refractivity contribution is -0.121. The number of Topliss-reactive ketones (excluding diaryl/α,β-unsaturated/α-hetero) is 1. The van der Waals surface area contributed by atoms with E-state index in [-0.39, 0.29) is 17.8 Å². The van der Waals surface area contributed by atoms with Crippen molar-refractivity contribution in [1.82, 2.24) is 5.32 Å². The Balaban J connectivity index is 1.73. The van der Waals surface area contributed by atoms with Crippen LogP contribution >= 0.6 is 0 Å². The lowest BCUT2D eigenvalue weighted by Crippen LogP contribution is -2.23. The van der Waals surface area contributed by atoms with E-state index in [0.717, 1.165) is 11.1 Å². The molecule has 162 valence electrons. The van der Waals surface area contributed by atoms with Crippen LogP contribution in [0.4, 0.5) is 0 Å². The Morgan fingerprint density at radius 1 is 1.03 bits per heavy atom. The molecule has 0 saturated heterocycles. The van der Waals surface area contributed by atoms with Gasteiger partial charge in [0.05, 0.1) is 26.4 Å². The molecule has 0 aliphatic carbocycles. The molecular weight excluding hydrogens is 382 g/mol. The van der Waals surface area contributed by atoms with E-state index in [0.29, 0.717) is 49.7 Å². The summed E-state index contributed by atoms with van der Waals surface area (Å²) in [6, 6.07) is 13.1. The van der Waals surface area contributed by atoms with Crippen molar-refractivity contribution in [2.24, 2.45) is 0 Å². The van der Waals surface area contributed by atoms with Gasteiger partial charge in [0.2, 0.25) is 5.91 Å². The van der Waals surface area contributed by atoms with E-state index in [9.17, 15) is 9.59 Å². The summed E-state index contributed by atoms with van der Waals surface area (Å²) < 4.78 is 16.6. The van der Waals surface area contributed by atoms with Crippen LogP contribution in [-0.2, 0) is 22.7 Å². The topological polar surface area (TPSA) is 73.9 Å². The molecule has 0 radical (unpaired) electrons. The van der Waals surface area contributed by atoms with Crippen molar-refractivity contribution in [3.63, 3.8) is 0 Å². The number of amides is 1. The zero-order valence-electron chi connectivity index (χ0n) is 18.2. The van der Waals surface area contributed by atoms with Gasteiger partial charge < -0.3 is 19.5 Å². The number of methoxy groups -OCH3 is 1. The average Bonchev–Trinajstić information content (AvgIpc) is 2.74. The number of ketones is 1. The fourth-order valence-corrected chi connectivity index (χ4v) is 2.80. The molecule has 2 aromatic carbocycles. The summed E-state index contributed by atoms with van der Waals surface area (Å²) in [5, 5.41) is 2.93. The lowest BCUT2D eigenvalue weighted by Gasteiger charge is -2.12. The molecule has 0 aromatic heterocycles. The van der Waals surface area contributed by atoms with Gasteiger partial charge in [-0.15, -0.1) is 0 Å². The molecule has 2 rings (SSSR count). The van der Waals surface area contributed by atoms with Crippen molar-refractivity contribution < 1.29 is 23.8 Å². The van der Waals surface area contributed by atoms with Gasteiger partial charge in [0.1, 0.15) is 0 Å². The van der Waals surface area contributed by atoms with Crippen LogP contribution in [0.25, 0.3) is 0 Å². The van der Waals surface area contributed by atoms with Crippen molar-refractivity contribution >= 4 is 11.7 Å². The summed E-state index contributed by atoms with van der Waals surface area (Å²) in [4.78, 5) is 23.6. The Labute approximate surface area is 178 Å². The molecule has 0 aliphatic rings. The molecule has 0 fully saturated rings. The Bertz CT molecular complexity index is 847. The zero-order chi connectivity index (χ0) is 21.9. The molecule has 0 bridgehead atoms. The minimum absolute atomic E-state index is 0.0265. The van der Waals surface area contributed by atoms with Gasteiger partial charge in [-0.1, -0.05) is 24.3 Å². The molecule has 0 unspecified atom stereocenters. The van der Waals surface area contributed by atoms with Gasteiger partial charge in [-0.3, -0.25) is 9.59 Å². The van der Waals surface area contributed by atoms with Crippen LogP contribution in [0, 0.1) is 0 Å². The number of hydrogen-bond acceptors (Lipinski definition) is 5. The maximum Gasteiger partial charge on any atom is 0.220 e. The molecule has 0 spiro atoms. The van der Waals surface area contributed by atoms with Crippen molar-refractivity contribution in [1.29, 1.82) is 0 Å². The molecule has 0 aliphatic heterocycles. The zero-order valence-corrected chi connectivity index (χ0v) is 18.2. The molecule has 0 atom stereocenters. The normalized spacial score (nSPS) is 10.7. The average molecular weight is 414 g/mol. The van der Waals surface area contributed by atoms with E-state index in [1.165, 1.54) is 14.0 Å². The number of rotatable bonds is 12. The molecule has 0 saturated carbocycles. The molecule has 6 heteroatoms. The maximum absolute atomic E-state index is 12.1. The molecule has 2 aromatic rings. The minimum atomic E-state index is -0.0329. The van der Waals surface area contributed by atoms with Gasteiger partial charge in [0.15, 0.2) is 17.3 Å². The van der Waals surface area contributed by atoms with Crippen molar-refractivity contribution in [2.75, 3.05) is 13.7 Å². The van der Waals surface area contributed by atoms with Crippen LogP contribution in [0.2, 0.25) is 0 Å². The number of hydrogen-bond donors (Lipinski definition) is 1. The lowest BCUT2D eigenvalue weighted by atomic mass is 10.1. The van der Waals surface area contributed by atoms with Crippen LogP contribution in [0.5, 0.6) is 11.5 Å². The predicted molar refractivity (Wildman–Crippen MR) is 116 cm³/mol. The molecular formula is C24H31NO5. The van der Waals surface area contributed by atoms with Gasteiger partial charge >= 0.3 is 0 Å². The third kappa shape index (κ3) is 7.87. The summed E-state index contributed by atoms with van der Waals surface area (Å²) in [5.74, 6) is 1.01. The van der Waals surface area contributed by atoms with Crippen LogP contribution in [-0.4, -0.2) is 31.5 Å². The number of benzene rings is 2. The molecule has 0 heterocycles.